The van der Waals surface area contributed by atoms with Gasteiger partial charge in [0, 0.05) is 16.0 Å². The second-order valence-corrected chi connectivity index (χ2v) is 6.28. The van der Waals surface area contributed by atoms with Crippen LogP contribution in [0, 0.1) is 19.3 Å². The summed E-state index contributed by atoms with van der Waals surface area (Å²) in [7, 11) is 0. The van der Waals surface area contributed by atoms with Gasteiger partial charge in [-0.2, -0.15) is 0 Å². The number of halogens is 1. The number of hydrogen-bond donors (Lipinski definition) is 0. The highest BCUT2D eigenvalue weighted by atomic mass is 79.9. The molecule has 1 aliphatic carbocycles. The molecule has 0 atom stereocenters. The summed E-state index contributed by atoms with van der Waals surface area (Å²) in [4.78, 5) is 1.42. The molecule has 2 heteroatoms. The molecule has 1 saturated carbocycles. The molecule has 0 saturated heterocycles. The summed E-state index contributed by atoms with van der Waals surface area (Å²) in [5, 5.41) is 1.16. The molecule has 0 amide bonds. The highest BCUT2D eigenvalue weighted by Crippen LogP contribution is 2.50. The van der Waals surface area contributed by atoms with Gasteiger partial charge < -0.3 is 0 Å². The fourth-order valence-corrected chi connectivity index (χ4v) is 3.84. The average Bonchev–Trinajstić information content (AvgIpc) is 3.01. The molecule has 1 aromatic rings. The summed E-state index contributed by atoms with van der Waals surface area (Å²) in [5.74, 6) is 1.26. The molecule has 0 heterocycles. The third kappa shape index (κ3) is 2.79. The largest absolute Gasteiger partial charge is 0.126 e. The Bertz CT molecular complexity index is 356. The van der Waals surface area contributed by atoms with Crippen molar-refractivity contribution in [2.45, 2.75) is 31.6 Å². The molecule has 15 heavy (non-hydrogen) atoms. The summed E-state index contributed by atoms with van der Waals surface area (Å²) in [6.07, 6.45) is 2.80. The van der Waals surface area contributed by atoms with Crippen molar-refractivity contribution in [1.82, 2.24) is 0 Å². The molecule has 1 aliphatic rings. The van der Waals surface area contributed by atoms with Crippen LogP contribution >= 0.6 is 27.7 Å². The minimum Gasteiger partial charge on any atom is -0.126 e. The molecule has 82 valence electrons. The molecule has 0 unspecified atom stereocenters. The van der Waals surface area contributed by atoms with Crippen LogP contribution in [0.2, 0.25) is 0 Å². The van der Waals surface area contributed by atoms with E-state index in [-0.39, 0.29) is 0 Å². The predicted octanol–water partition coefficient (Wildman–Crippen LogP) is 4.57. The number of rotatable bonds is 4. The van der Waals surface area contributed by atoms with Gasteiger partial charge in [0.15, 0.2) is 0 Å². The third-order valence-electron chi connectivity index (χ3n) is 3.26. The first-order valence-electron chi connectivity index (χ1n) is 5.41. The van der Waals surface area contributed by atoms with Crippen LogP contribution < -0.4 is 0 Å². The van der Waals surface area contributed by atoms with E-state index in [1.54, 1.807) is 0 Å². The average molecular weight is 285 g/mol. The second-order valence-electron chi connectivity index (χ2n) is 4.67. The summed E-state index contributed by atoms with van der Waals surface area (Å²) < 4.78 is 0. The summed E-state index contributed by atoms with van der Waals surface area (Å²) in [6.45, 7) is 4.36. The SMILES string of the molecule is Cc1ccc(SCC2(CBr)CC2)cc1C. The fourth-order valence-electron chi connectivity index (χ4n) is 1.53. The van der Waals surface area contributed by atoms with Gasteiger partial charge >= 0.3 is 0 Å². The van der Waals surface area contributed by atoms with Crippen molar-refractivity contribution < 1.29 is 0 Å². The minimum absolute atomic E-state index is 0.615. The minimum atomic E-state index is 0.615. The lowest BCUT2D eigenvalue weighted by Crippen LogP contribution is -2.04. The molecule has 0 aliphatic heterocycles. The van der Waals surface area contributed by atoms with Crippen molar-refractivity contribution in [3.8, 4) is 0 Å². The van der Waals surface area contributed by atoms with Gasteiger partial charge in [-0.1, -0.05) is 22.0 Å². The normalized spacial score (nSPS) is 17.8. The van der Waals surface area contributed by atoms with E-state index < -0.39 is 0 Å². The quantitative estimate of drug-likeness (QED) is 0.577. The van der Waals surface area contributed by atoms with Gasteiger partial charge in [-0.25, -0.2) is 0 Å². The molecule has 2 rings (SSSR count). The van der Waals surface area contributed by atoms with Gasteiger partial charge in [0.05, 0.1) is 0 Å². The topological polar surface area (TPSA) is 0 Å². The van der Waals surface area contributed by atoms with Crippen LogP contribution in [0.25, 0.3) is 0 Å². The lowest BCUT2D eigenvalue weighted by molar-refractivity contribution is 0.686. The van der Waals surface area contributed by atoms with E-state index in [0.29, 0.717) is 5.41 Å². The molecular formula is C13H17BrS. The highest BCUT2D eigenvalue weighted by molar-refractivity contribution is 9.09. The molecule has 0 radical (unpaired) electrons. The standard InChI is InChI=1S/C13H17BrS/c1-10-3-4-12(7-11(10)2)15-9-13(8-14)5-6-13/h3-4,7H,5-6,8-9H2,1-2H3. The third-order valence-corrected chi connectivity index (χ3v) is 5.80. The molecule has 0 bridgehead atoms. The number of aryl methyl sites for hydroxylation is 2. The number of alkyl halides is 1. The Kier molecular flexibility index (Phi) is 3.46. The molecular weight excluding hydrogens is 268 g/mol. The second kappa shape index (κ2) is 4.50. The van der Waals surface area contributed by atoms with Crippen molar-refractivity contribution in [3.63, 3.8) is 0 Å². The molecule has 0 aromatic heterocycles. The monoisotopic (exact) mass is 284 g/mol. The van der Waals surface area contributed by atoms with Crippen molar-refractivity contribution in [2.24, 2.45) is 5.41 Å². The van der Waals surface area contributed by atoms with Crippen molar-refractivity contribution in [2.75, 3.05) is 11.1 Å². The van der Waals surface area contributed by atoms with Crippen LogP contribution in [-0.4, -0.2) is 11.1 Å². The van der Waals surface area contributed by atoms with Gasteiger partial charge in [-0.05, 0) is 55.4 Å². The Balaban J connectivity index is 1.96. The zero-order valence-electron chi connectivity index (χ0n) is 9.35. The lowest BCUT2D eigenvalue weighted by atomic mass is 10.1. The molecule has 1 fully saturated rings. The predicted molar refractivity (Wildman–Crippen MR) is 72.1 cm³/mol. The molecule has 0 N–H and O–H groups in total. The Morgan fingerprint density at radius 2 is 2.00 bits per heavy atom. The van der Waals surface area contributed by atoms with Gasteiger partial charge in [0.2, 0.25) is 0 Å². The zero-order chi connectivity index (χ0) is 10.9. The first-order valence-corrected chi connectivity index (χ1v) is 7.52. The van der Waals surface area contributed by atoms with Crippen molar-refractivity contribution in [1.29, 1.82) is 0 Å². The Morgan fingerprint density at radius 1 is 1.27 bits per heavy atom. The van der Waals surface area contributed by atoms with Crippen LogP contribution in [-0.2, 0) is 0 Å². The van der Waals surface area contributed by atoms with E-state index in [1.165, 1.54) is 34.6 Å². The number of hydrogen-bond acceptors (Lipinski definition) is 1. The summed E-state index contributed by atoms with van der Waals surface area (Å²) in [6, 6.07) is 6.78. The van der Waals surface area contributed by atoms with Crippen LogP contribution in [0.5, 0.6) is 0 Å². The molecule has 0 spiro atoms. The maximum Gasteiger partial charge on any atom is 0.00959 e. The summed E-state index contributed by atoms with van der Waals surface area (Å²) >= 11 is 5.63. The van der Waals surface area contributed by atoms with Crippen LogP contribution in [0.1, 0.15) is 24.0 Å². The van der Waals surface area contributed by atoms with Gasteiger partial charge in [-0.3, -0.25) is 0 Å². The number of benzene rings is 1. The Hall–Kier alpha value is 0.0500. The van der Waals surface area contributed by atoms with Crippen LogP contribution in [0.3, 0.4) is 0 Å². The van der Waals surface area contributed by atoms with Crippen molar-refractivity contribution >= 4 is 27.7 Å². The van der Waals surface area contributed by atoms with Crippen LogP contribution in [0.4, 0.5) is 0 Å². The van der Waals surface area contributed by atoms with E-state index in [9.17, 15) is 0 Å². The van der Waals surface area contributed by atoms with Crippen LogP contribution in [0.15, 0.2) is 23.1 Å². The van der Waals surface area contributed by atoms with E-state index in [0.717, 1.165) is 5.33 Å². The smallest absolute Gasteiger partial charge is 0.00959 e. The van der Waals surface area contributed by atoms with E-state index >= 15 is 0 Å². The molecule has 1 aromatic carbocycles. The maximum absolute atomic E-state index is 3.62. The van der Waals surface area contributed by atoms with E-state index in [1.807, 2.05) is 11.8 Å². The van der Waals surface area contributed by atoms with Gasteiger partial charge in [0.25, 0.3) is 0 Å². The van der Waals surface area contributed by atoms with Gasteiger partial charge in [0.1, 0.15) is 0 Å². The summed E-state index contributed by atoms with van der Waals surface area (Å²) in [5.41, 5.74) is 3.41. The van der Waals surface area contributed by atoms with E-state index in [2.05, 4.69) is 48.0 Å². The van der Waals surface area contributed by atoms with E-state index in [4.69, 9.17) is 0 Å². The lowest BCUT2D eigenvalue weighted by Gasteiger charge is -2.11. The first kappa shape index (κ1) is 11.5. The van der Waals surface area contributed by atoms with Crippen molar-refractivity contribution in [3.05, 3.63) is 29.3 Å². The Labute approximate surface area is 105 Å². The Morgan fingerprint density at radius 3 is 2.53 bits per heavy atom. The highest BCUT2D eigenvalue weighted by Gasteiger charge is 2.41. The maximum atomic E-state index is 3.62. The molecule has 0 nitrogen and oxygen atoms in total. The fraction of sp³-hybridized carbons (Fsp3) is 0.538. The first-order chi connectivity index (χ1) is 7.15. The number of thioether (sulfide) groups is 1. The van der Waals surface area contributed by atoms with Gasteiger partial charge in [-0.15, -0.1) is 11.8 Å². The zero-order valence-corrected chi connectivity index (χ0v) is 11.7.